The molecule has 3 fully saturated rings. The van der Waals surface area contributed by atoms with Crippen LogP contribution >= 0.6 is 11.8 Å². The third-order valence-corrected chi connectivity index (χ3v) is 9.10. The van der Waals surface area contributed by atoms with Gasteiger partial charge in [-0.05, 0) is 56.1 Å². The van der Waals surface area contributed by atoms with Crippen molar-refractivity contribution in [3.05, 3.63) is 77.6 Å². The van der Waals surface area contributed by atoms with Gasteiger partial charge >= 0.3 is 6.03 Å². The summed E-state index contributed by atoms with van der Waals surface area (Å²) >= 11 is 1.39. The van der Waals surface area contributed by atoms with Gasteiger partial charge in [0.25, 0.3) is 5.91 Å². The van der Waals surface area contributed by atoms with Gasteiger partial charge in [-0.25, -0.2) is 9.18 Å². The van der Waals surface area contributed by atoms with Crippen LogP contribution in [-0.2, 0) is 9.59 Å². The minimum Gasteiger partial charge on any atom is -0.457 e. The van der Waals surface area contributed by atoms with Crippen molar-refractivity contribution in [2.75, 3.05) is 24.5 Å². The van der Waals surface area contributed by atoms with E-state index in [9.17, 15) is 14.4 Å². The molecule has 2 aromatic carbocycles. The van der Waals surface area contributed by atoms with E-state index < -0.39 is 11.8 Å². The lowest BCUT2D eigenvalue weighted by Gasteiger charge is -2.45. The second kappa shape index (κ2) is 11.0. The number of nitrogens with one attached hydrogen (secondary N) is 3. The lowest BCUT2D eigenvalue weighted by Crippen LogP contribution is -2.62. The Balaban J connectivity index is 1.22. The number of urea groups is 1. The molecular weight excluding hydrogens is 533 g/mol. The standard InChI is InChI=1S/C29H30FN5O4S/c1-2-23(36)34-14-6-7-17(16-34)32-27(37)26-25-24-22(12-13-31-28(24)40-26)35(29(38)33-25)21-11-10-19(15-20(21)30)39-18-8-4-3-5-9-18/h2-5,8-11,15,17,22,24,28,31H,1,6-7,12-14,16H2,(H,32,37)(H,33,38)/t17-,22?,24?,28?/m1/s1. The number of benzene rings is 2. The third kappa shape index (κ3) is 4.95. The van der Waals surface area contributed by atoms with Gasteiger partial charge < -0.3 is 25.6 Å². The first-order valence-corrected chi connectivity index (χ1v) is 14.3. The number of likely N-dealkylation sites (tertiary alicyclic amines) is 1. The number of carbonyl (C=O) groups excluding carboxylic acids is 3. The summed E-state index contributed by atoms with van der Waals surface area (Å²) in [6.07, 6.45) is 3.44. The van der Waals surface area contributed by atoms with Gasteiger partial charge in [-0.15, -0.1) is 0 Å². The molecule has 0 spiro atoms. The average Bonchev–Trinajstić information content (AvgIpc) is 3.33. The number of anilines is 1. The highest BCUT2D eigenvalue weighted by Gasteiger charge is 2.52. The number of amides is 4. The Kier molecular flexibility index (Phi) is 7.24. The van der Waals surface area contributed by atoms with Gasteiger partial charge in [0.15, 0.2) is 5.82 Å². The highest BCUT2D eigenvalue weighted by Crippen LogP contribution is 2.48. The Hall–Kier alpha value is -3.83. The first kappa shape index (κ1) is 26.4. The number of rotatable bonds is 6. The maximum atomic E-state index is 15.4. The van der Waals surface area contributed by atoms with Crippen molar-refractivity contribution < 1.29 is 23.5 Å². The molecule has 4 aliphatic rings. The molecule has 4 aliphatic heterocycles. The molecule has 0 saturated carbocycles. The predicted octanol–water partition coefficient (Wildman–Crippen LogP) is 3.70. The van der Waals surface area contributed by atoms with Crippen LogP contribution in [0.25, 0.3) is 0 Å². The Labute approximate surface area is 235 Å². The number of nitrogens with zero attached hydrogens (tertiary/aromatic N) is 2. The highest BCUT2D eigenvalue weighted by atomic mass is 32.2. The van der Waals surface area contributed by atoms with Crippen LogP contribution in [0.4, 0.5) is 14.9 Å². The van der Waals surface area contributed by atoms with E-state index in [1.54, 1.807) is 29.2 Å². The summed E-state index contributed by atoms with van der Waals surface area (Å²) in [5.41, 5.74) is 0.741. The number of piperidine rings is 2. The fourth-order valence-corrected chi connectivity index (χ4v) is 7.35. The normalized spacial score (nSPS) is 25.7. The van der Waals surface area contributed by atoms with E-state index in [0.29, 0.717) is 48.2 Å². The SMILES string of the molecule is C=CC(=O)N1CCC[C@@H](NC(=O)C2=C3NC(=O)N(c4ccc(Oc5ccccc5)cc4F)C4CCNC(S2)C34)C1. The maximum absolute atomic E-state index is 15.4. The quantitative estimate of drug-likeness (QED) is 0.464. The van der Waals surface area contributed by atoms with Gasteiger partial charge in [0.05, 0.1) is 22.0 Å². The van der Waals surface area contributed by atoms with Gasteiger partial charge in [0, 0.05) is 36.8 Å². The molecule has 9 nitrogen and oxygen atoms in total. The number of thioether (sulfide) groups is 1. The molecule has 208 valence electrons. The van der Waals surface area contributed by atoms with Crippen molar-refractivity contribution in [3.8, 4) is 11.5 Å². The van der Waals surface area contributed by atoms with E-state index in [-0.39, 0.29) is 40.9 Å². The van der Waals surface area contributed by atoms with Gasteiger partial charge in [-0.1, -0.05) is 36.5 Å². The summed E-state index contributed by atoms with van der Waals surface area (Å²) in [7, 11) is 0. The van der Waals surface area contributed by atoms with Crippen LogP contribution in [0.3, 0.4) is 0 Å². The fourth-order valence-electron chi connectivity index (χ4n) is 5.95. The van der Waals surface area contributed by atoms with Crippen molar-refractivity contribution in [2.45, 2.75) is 36.7 Å². The van der Waals surface area contributed by atoms with E-state index in [1.165, 1.54) is 28.8 Å². The van der Waals surface area contributed by atoms with Crippen molar-refractivity contribution >= 4 is 35.3 Å². The summed E-state index contributed by atoms with van der Waals surface area (Å²) in [6, 6.07) is 12.6. The van der Waals surface area contributed by atoms with Gasteiger partial charge in [0.2, 0.25) is 5.91 Å². The lowest BCUT2D eigenvalue weighted by atomic mass is 9.86. The van der Waals surface area contributed by atoms with Crippen LogP contribution in [0, 0.1) is 11.7 Å². The third-order valence-electron chi connectivity index (χ3n) is 7.75. The summed E-state index contributed by atoms with van der Waals surface area (Å²) in [5, 5.41) is 9.29. The average molecular weight is 564 g/mol. The zero-order valence-electron chi connectivity index (χ0n) is 21.8. The minimum atomic E-state index is -0.564. The minimum absolute atomic E-state index is 0.133. The number of carbonyl (C=O) groups is 3. The van der Waals surface area contributed by atoms with Gasteiger partial charge in [-0.3, -0.25) is 14.5 Å². The predicted molar refractivity (Wildman–Crippen MR) is 150 cm³/mol. The molecule has 3 saturated heterocycles. The number of halogens is 1. The van der Waals surface area contributed by atoms with Crippen molar-refractivity contribution in [1.82, 2.24) is 20.9 Å². The second-order valence-corrected chi connectivity index (χ2v) is 11.4. The van der Waals surface area contributed by atoms with E-state index >= 15 is 4.39 Å². The zero-order valence-corrected chi connectivity index (χ0v) is 22.6. The molecule has 2 aromatic rings. The number of hydrogen-bond donors (Lipinski definition) is 3. The molecule has 3 unspecified atom stereocenters. The summed E-state index contributed by atoms with van der Waals surface area (Å²) < 4.78 is 21.2. The second-order valence-electron chi connectivity index (χ2n) is 10.2. The Morgan fingerprint density at radius 1 is 1.15 bits per heavy atom. The molecule has 4 heterocycles. The molecular formula is C29H30FN5O4S. The van der Waals surface area contributed by atoms with Gasteiger partial charge in [-0.2, -0.15) is 0 Å². The molecule has 0 radical (unpaired) electrons. The van der Waals surface area contributed by atoms with E-state index in [4.69, 9.17) is 4.74 Å². The molecule has 0 aliphatic carbocycles. The summed E-state index contributed by atoms with van der Waals surface area (Å²) in [6.45, 7) is 5.23. The van der Waals surface area contributed by atoms with Crippen LogP contribution in [0.2, 0.25) is 0 Å². The van der Waals surface area contributed by atoms with Crippen LogP contribution in [0.1, 0.15) is 19.3 Å². The number of ether oxygens (including phenoxy) is 1. The van der Waals surface area contributed by atoms with Crippen LogP contribution in [0.5, 0.6) is 11.5 Å². The first-order valence-electron chi connectivity index (χ1n) is 13.4. The van der Waals surface area contributed by atoms with Crippen LogP contribution < -0.4 is 25.6 Å². The van der Waals surface area contributed by atoms with Crippen LogP contribution in [0.15, 0.2) is 71.8 Å². The topological polar surface area (TPSA) is 103 Å². The smallest absolute Gasteiger partial charge is 0.326 e. The molecule has 4 atom stereocenters. The molecule has 0 bridgehead atoms. The summed E-state index contributed by atoms with van der Waals surface area (Å²) in [5.74, 6) is -0.271. The number of para-hydroxylation sites is 1. The maximum Gasteiger partial charge on any atom is 0.326 e. The molecule has 40 heavy (non-hydrogen) atoms. The van der Waals surface area contributed by atoms with E-state index in [1.807, 2.05) is 18.2 Å². The summed E-state index contributed by atoms with van der Waals surface area (Å²) in [4.78, 5) is 42.5. The zero-order chi connectivity index (χ0) is 27.8. The number of hydrogen-bond acceptors (Lipinski definition) is 6. The Morgan fingerprint density at radius 2 is 1.98 bits per heavy atom. The Morgan fingerprint density at radius 3 is 2.75 bits per heavy atom. The van der Waals surface area contributed by atoms with Crippen molar-refractivity contribution in [2.24, 2.45) is 5.92 Å². The van der Waals surface area contributed by atoms with E-state index in [2.05, 4.69) is 22.5 Å². The fraction of sp³-hybridized carbons (Fsp3) is 0.345. The molecule has 0 aromatic heterocycles. The van der Waals surface area contributed by atoms with Crippen LogP contribution in [-0.4, -0.2) is 59.8 Å². The molecule has 11 heteroatoms. The molecule has 6 rings (SSSR count). The van der Waals surface area contributed by atoms with Gasteiger partial charge in [0.1, 0.15) is 11.5 Å². The van der Waals surface area contributed by atoms with Crippen molar-refractivity contribution in [3.63, 3.8) is 0 Å². The largest absolute Gasteiger partial charge is 0.457 e. The monoisotopic (exact) mass is 563 g/mol. The van der Waals surface area contributed by atoms with E-state index in [0.717, 1.165) is 12.8 Å². The van der Waals surface area contributed by atoms with Crippen molar-refractivity contribution in [1.29, 1.82) is 0 Å². The molecule has 3 N–H and O–H groups in total. The highest BCUT2D eigenvalue weighted by molar-refractivity contribution is 8.04. The molecule has 4 amide bonds. The Bertz CT molecular complexity index is 1390. The lowest BCUT2D eigenvalue weighted by molar-refractivity contribution is -0.128. The first-order chi connectivity index (χ1) is 19.4.